The van der Waals surface area contributed by atoms with Crippen molar-refractivity contribution in [1.82, 2.24) is 15.5 Å². The van der Waals surface area contributed by atoms with Crippen LogP contribution in [-0.4, -0.2) is 78.1 Å². The second-order valence-corrected chi connectivity index (χ2v) is 5.52. The smallest absolute Gasteiger partial charge is 0.191 e. The lowest BCUT2D eigenvalue weighted by molar-refractivity contribution is 0.128. The summed E-state index contributed by atoms with van der Waals surface area (Å²) in [5.41, 5.74) is 0. The van der Waals surface area contributed by atoms with Gasteiger partial charge in [-0.05, 0) is 19.4 Å². The molecular weight excluding hydrogens is 268 g/mol. The van der Waals surface area contributed by atoms with Crippen LogP contribution in [0.25, 0.3) is 0 Å². The topological polar surface area (TPSA) is 58.1 Å². The van der Waals surface area contributed by atoms with Crippen molar-refractivity contribution in [2.24, 2.45) is 10.9 Å². The Morgan fingerprint density at radius 1 is 1.10 bits per heavy atom. The van der Waals surface area contributed by atoms with Crippen LogP contribution in [-0.2, 0) is 9.47 Å². The van der Waals surface area contributed by atoms with E-state index in [2.05, 4.69) is 41.4 Å². The maximum absolute atomic E-state index is 5.56. The van der Waals surface area contributed by atoms with Gasteiger partial charge in [0.2, 0.25) is 0 Å². The Kier molecular flexibility index (Phi) is 13.5. The Morgan fingerprint density at radius 2 is 1.81 bits per heavy atom. The van der Waals surface area contributed by atoms with Gasteiger partial charge in [0.1, 0.15) is 0 Å². The summed E-state index contributed by atoms with van der Waals surface area (Å²) in [7, 11) is 5.59. The molecule has 21 heavy (non-hydrogen) atoms. The molecule has 0 aliphatic rings. The molecule has 6 nitrogen and oxygen atoms in total. The van der Waals surface area contributed by atoms with Crippen molar-refractivity contribution in [1.29, 1.82) is 0 Å². The van der Waals surface area contributed by atoms with E-state index >= 15 is 0 Å². The van der Waals surface area contributed by atoms with E-state index in [4.69, 9.17) is 9.47 Å². The zero-order chi connectivity index (χ0) is 15.9. The molecule has 0 radical (unpaired) electrons. The van der Waals surface area contributed by atoms with Crippen molar-refractivity contribution in [3.8, 4) is 0 Å². The van der Waals surface area contributed by atoms with Gasteiger partial charge in [-0.1, -0.05) is 13.8 Å². The highest BCUT2D eigenvalue weighted by molar-refractivity contribution is 5.79. The van der Waals surface area contributed by atoms with Gasteiger partial charge in [0.15, 0.2) is 5.96 Å². The Bertz CT molecular complexity index is 260. The number of methoxy groups -OCH3 is 1. The van der Waals surface area contributed by atoms with Gasteiger partial charge in [-0.2, -0.15) is 0 Å². The van der Waals surface area contributed by atoms with Crippen molar-refractivity contribution >= 4 is 5.96 Å². The molecule has 0 atom stereocenters. The minimum absolute atomic E-state index is 0.697. The summed E-state index contributed by atoms with van der Waals surface area (Å²) in [6.45, 7) is 10.2. The van der Waals surface area contributed by atoms with Gasteiger partial charge in [0.05, 0.1) is 13.2 Å². The predicted octanol–water partition coefficient (Wildman–Crippen LogP) is 0.792. The van der Waals surface area contributed by atoms with Crippen LogP contribution in [0.4, 0.5) is 0 Å². The second kappa shape index (κ2) is 14.1. The average molecular weight is 302 g/mol. The molecule has 0 aliphatic heterocycles. The van der Waals surface area contributed by atoms with Crippen LogP contribution in [0.5, 0.6) is 0 Å². The highest BCUT2D eigenvalue weighted by Gasteiger charge is 2.00. The van der Waals surface area contributed by atoms with Crippen LogP contribution in [0.1, 0.15) is 20.3 Å². The number of nitrogens with zero attached hydrogens (tertiary/aromatic N) is 2. The van der Waals surface area contributed by atoms with Crippen molar-refractivity contribution in [2.45, 2.75) is 20.3 Å². The van der Waals surface area contributed by atoms with Gasteiger partial charge in [-0.15, -0.1) is 0 Å². The van der Waals surface area contributed by atoms with Crippen molar-refractivity contribution in [3.05, 3.63) is 0 Å². The maximum Gasteiger partial charge on any atom is 0.191 e. The molecule has 0 fully saturated rings. The average Bonchev–Trinajstić information content (AvgIpc) is 2.46. The van der Waals surface area contributed by atoms with E-state index in [1.54, 1.807) is 14.2 Å². The van der Waals surface area contributed by atoms with Crippen molar-refractivity contribution in [3.63, 3.8) is 0 Å². The van der Waals surface area contributed by atoms with E-state index < -0.39 is 0 Å². The third-order valence-corrected chi connectivity index (χ3v) is 3.07. The van der Waals surface area contributed by atoms with Gasteiger partial charge < -0.3 is 25.0 Å². The SMILES string of the molecule is CN=C(NCCOCCC(C)C)NCCN(C)CCOC. The lowest BCUT2D eigenvalue weighted by Gasteiger charge is -2.17. The summed E-state index contributed by atoms with van der Waals surface area (Å²) in [6.07, 6.45) is 1.11. The van der Waals surface area contributed by atoms with E-state index in [-0.39, 0.29) is 0 Å². The lowest BCUT2D eigenvalue weighted by atomic mass is 10.1. The highest BCUT2D eigenvalue weighted by Crippen LogP contribution is 1.98. The summed E-state index contributed by atoms with van der Waals surface area (Å²) in [6, 6.07) is 0. The fourth-order valence-electron chi connectivity index (χ4n) is 1.61. The second-order valence-electron chi connectivity index (χ2n) is 5.52. The number of guanidine groups is 1. The predicted molar refractivity (Wildman–Crippen MR) is 89.0 cm³/mol. The lowest BCUT2D eigenvalue weighted by Crippen LogP contribution is -2.42. The van der Waals surface area contributed by atoms with Gasteiger partial charge >= 0.3 is 0 Å². The molecule has 0 unspecified atom stereocenters. The number of likely N-dealkylation sites (N-methyl/N-ethyl adjacent to an activating group) is 1. The van der Waals surface area contributed by atoms with Crippen LogP contribution < -0.4 is 10.6 Å². The fraction of sp³-hybridized carbons (Fsp3) is 0.933. The molecule has 0 amide bonds. The van der Waals surface area contributed by atoms with Crippen LogP contribution >= 0.6 is 0 Å². The van der Waals surface area contributed by atoms with E-state index in [1.807, 2.05) is 0 Å². The summed E-state index contributed by atoms with van der Waals surface area (Å²) < 4.78 is 10.6. The number of aliphatic imine (C=N–C) groups is 1. The maximum atomic E-state index is 5.56. The number of hydrogen-bond donors (Lipinski definition) is 2. The highest BCUT2D eigenvalue weighted by atomic mass is 16.5. The summed E-state index contributed by atoms with van der Waals surface area (Å²) in [5.74, 6) is 1.52. The Labute approximate surface area is 130 Å². The molecule has 0 aromatic carbocycles. The zero-order valence-electron chi connectivity index (χ0n) is 14.4. The number of hydrogen-bond acceptors (Lipinski definition) is 4. The summed E-state index contributed by atoms with van der Waals surface area (Å²) in [4.78, 5) is 6.41. The number of rotatable bonds is 12. The van der Waals surface area contributed by atoms with Crippen LogP contribution in [0.15, 0.2) is 4.99 Å². The largest absolute Gasteiger partial charge is 0.383 e. The van der Waals surface area contributed by atoms with Crippen LogP contribution in [0.3, 0.4) is 0 Å². The van der Waals surface area contributed by atoms with Gasteiger partial charge in [-0.3, -0.25) is 4.99 Å². The minimum Gasteiger partial charge on any atom is -0.383 e. The normalized spacial score (nSPS) is 12.2. The van der Waals surface area contributed by atoms with Crippen LogP contribution in [0, 0.1) is 5.92 Å². The van der Waals surface area contributed by atoms with E-state index in [1.165, 1.54) is 0 Å². The molecule has 0 aromatic rings. The van der Waals surface area contributed by atoms with Gasteiger partial charge in [-0.25, -0.2) is 0 Å². The quantitative estimate of drug-likeness (QED) is 0.317. The first-order valence-corrected chi connectivity index (χ1v) is 7.79. The fourth-order valence-corrected chi connectivity index (χ4v) is 1.61. The molecule has 6 heteroatoms. The summed E-state index contributed by atoms with van der Waals surface area (Å²) >= 11 is 0. The molecule has 2 N–H and O–H groups in total. The minimum atomic E-state index is 0.697. The number of nitrogens with one attached hydrogen (secondary N) is 2. The molecule has 0 saturated carbocycles. The molecule has 126 valence electrons. The first-order valence-electron chi connectivity index (χ1n) is 7.79. The third-order valence-electron chi connectivity index (χ3n) is 3.07. The Balaban J connectivity index is 3.54. The standard InChI is InChI=1S/C15H34N4O2/c1-14(2)6-11-21-12-8-18-15(16-3)17-7-9-19(4)10-13-20-5/h14H,6-13H2,1-5H3,(H2,16,17,18). The first-order chi connectivity index (χ1) is 10.1. The molecule has 0 rings (SSSR count). The molecule has 0 saturated heterocycles. The van der Waals surface area contributed by atoms with E-state index in [9.17, 15) is 0 Å². The molecule has 0 aromatic heterocycles. The zero-order valence-corrected chi connectivity index (χ0v) is 14.4. The molecule has 0 spiro atoms. The summed E-state index contributed by atoms with van der Waals surface area (Å²) in [5, 5.41) is 6.53. The molecule has 0 heterocycles. The van der Waals surface area contributed by atoms with Crippen LogP contribution in [0.2, 0.25) is 0 Å². The molecule has 0 aliphatic carbocycles. The Hall–Kier alpha value is -0.850. The number of ether oxygens (including phenoxy) is 2. The monoisotopic (exact) mass is 302 g/mol. The van der Waals surface area contributed by atoms with E-state index in [0.717, 1.165) is 51.8 Å². The Morgan fingerprint density at radius 3 is 2.43 bits per heavy atom. The van der Waals surface area contributed by atoms with Crippen molar-refractivity contribution < 1.29 is 9.47 Å². The first kappa shape index (κ1) is 20.1. The van der Waals surface area contributed by atoms with Gasteiger partial charge in [0.25, 0.3) is 0 Å². The van der Waals surface area contributed by atoms with E-state index in [0.29, 0.717) is 12.5 Å². The third kappa shape index (κ3) is 13.9. The molecular formula is C15H34N4O2. The molecule has 0 bridgehead atoms. The van der Waals surface area contributed by atoms with Gasteiger partial charge in [0, 0.05) is 46.9 Å². The van der Waals surface area contributed by atoms with Crippen molar-refractivity contribution in [2.75, 3.05) is 67.2 Å².